The summed E-state index contributed by atoms with van der Waals surface area (Å²) >= 11 is 0. The van der Waals surface area contributed by atoms with E-state index in [0.29, 0.717) is 12.1 Å². The first-order chi connectivity index (χ1) is 12.8. The number of allylic oxidation sites excluding steroid dienone is 5. The molecule has 1 aromatic rings. The number of rotatable bonds is 4. The number of hydrogen-bond donors (Lipinski definition) is 4. The van der Waals surface area contributed by atoms with Crippen molar-refractivity contribution in [3.05, 3.63) is 70.4 Å². The van der Waals surface area contributed by atoms with Gasteiger partial charge in [-0.15, -0.1) is 0 Å². The van der Waals surface area contributed by atoms with Crippen LogP contribution in [0, 0.1) is 5.82 Å². The molecule has 0 spiro atoms. The molecule has 0 saturated heterocycles. The molecular weight excluding hydrogens is 353 g/mol. The van der Waals surface area contributed by atoms with E-state index in [9.17, 15) is 29.3 Å². The second-order valence-corrected chi connectivity index (χ2v) is 5.83. The zero-order valence-corrected chi connectivity index (χ0v) is 14.9. The third-order valence-electron chi connectivity index (χ3n) is 3.89. The summed E-state index contributed by atoms with van der Waals surface area (Å²) in [5.41, 5.74) is 0.196. The molecular formula is C20H20FNO5. The van der Waals surface area contributed by atoms with Gasteiger partial charge >= 0.3 is 0 Å². The number of amides is 1. The number of phenols is 2. The Bertz CT molecular complexity index is 909. The van der Waals surface area contributed by atoms with Gasteiger partial charge in [-0.3, -0.25) is 9.59 Å². The van der Waals surface area contributed by atoms with Crippen LogP contribution in [0.1, 0.15) is 36.2 Å². The lowest BCUT2D eigenvalue weighted by Crippen LogP contribution is -2.24. The number of Topliss-reactive ketones (excluding diaryl/α,β-unsaturated/α-hetero) is 1. The van der Waals surface area contributed by atoms with Crippen molar-refractivity contribution < 1.29 is 29.3 Å². The molecule has 142 valence electrons. The van der Waals surface area contributed by atoms with Gasteiger partial charge in [-0.25, -0.2) is 4.39 Å². The molecule has 7 heteroatoms. The molecule has 0 fully saturated rings. The number of aromatic hydroxyl groups is 2. The Morgan fingerprint density at radius 3 is 2.63 bits per heavy atom. The van der Waals surface area contributed by atoms with Crippen LogP contribution in [0.3, 0.4) is 0 Å². The number of carbonyl (C=O) groups is 2. The second-order valence-electron chi connectivity index (χ2n) is 5.83. The molecule has 0 saturated carbocycles. The maximum absolute atomic E-state index is 13.7. The number of ketones is 1. The van der Waals surface area contributed by atoms with Gasteiger partial charge in [0.05, 0.1) is 5.56 Å². The van der Waals surface area contributed by atoms with Crippen molar-refractivity contribution in [2.75, 3.05) is 0 Å². The molecule has 0 aliphatic heterocycles. The Morgan fingerprint density at radius 2 is 2.00 bits per heavy atom. The lowest BCUT2D eigenvalue weighted by molar-refractivity contribution is -0.116. The van der Waals surface area contributed by atoms with Gasteiger partial charge in [0, 0.05) is 11.3 Å². The number of aliphatic hydroxyl groups is 1. The highest BCUT2D eigenvalue weighted by Crippen LogP contribution is 2.36. The molecule has 1 aliphatic rings. The molecule has 0 unspecified atom stereocenters. The first kappa shape index (κ1) is 20.0. The minimum Gasteiger partial charge on any atom is -0.504 e. The van der Waals surface area contributed by atoms with Gasteiger partial charge in [-0.05, 0) is 43.5 Å². The molecule has 1 aliphatic carbocycles. The summed E-state index contributed by atoms with van der Waals surface area (Å²) in [6, 6.07) is 0.884. The van der Waals surface area contributed by atoms with Crippen LogP contribution in [-0.4, -0.2) is 27.0 Å². The number of halogens is 1. The average molecular weight is 373 g/mol. The molecule has 6 nitrogen and oxygen atoms in total. The number of aliphatic hydroxyl groups excluding tert-OH is 1. The predicted molar refractivity (Wildman–Crippen MR) is 97.9 cm³/mol. The Labute approximate surface area is 155 Å². The van der Waals surface area contributed by atoms with Gasteiger partial charge in [0.25, 0.3) is 5.91 Å². The fourth-order valence-electron chi connectivity index (χ4n) is 2.63. The maximum Gasteiger partial charge on any atom is 0.255 e. The molecule has 0 bridgehead atoms. The van der Waals surface area contributed by atoms with E-state index in [4.69, 9.17) is 0 Å². The Kier molecular flexibility index (Phi) is 6.18. The van der Waals surface area contributed by atoms with E-state index in [0.717, 1.165) is 12.1 Å². The van der Waals surface area contributed by atoms with Crippen molar-refractivity contribution >= 4 is 11.7 Å². The van der Waals surface area contributed by atoms with E-state index in [-0.39, 0.29) is 17.6 Å². The first-order valence-corrected chi connectivity index (χ1v) is 8.33. The van der Waals surface area contributed by atoms with E-state index in [1.165, 1.54) is 6.08 Å². The summed E-state index contributed by atoms with van der Waals surface area (Å²) < 4.78 is 13.7. The highest BCUT2D eigenvalue weighted by Gasteiger charge is 2.27. The smallest absolute Gasteiger partial charge is 0.255 e. The Balaban J connectivity index is 2.46. The monoisotopic (exact) mass is 373 g/mol. The van der Waals surface area contributed by atoms with Crippen molar-refractivity contribution in [2.24, 2.45) is 0 Å². The number of phenolic OH excluding ortho intramolecular Hbond substituents is 2. The highest BCUT2D eigenvalue weighted by atomic mass is 19.1. The zero-order valence-electron chi connectivity index (χ0n) is 14.9. The van der Waals surface area contributed by atoms with E-state index >= 15 is 0 Å². The van der Waals surface area contributed by atoms with Crippen LogP contribution >= 0.6 is 0 Å². The second kappa shape index (κ2) is 8.35. The Hall–Kier alpha value is -3.35. The predicted octanol–water partition coefficient (Wildman–Crippen LogP) is 3.33. The Morgan fingerprint density at radius 1 is 1.30 bits per heavy atom. The van der Waals surface area contributed by atoms with Crippen LogP contribution in [0.15, 0.2) is 53.5 Å². The van der Waals surface area contributed by atoms with Crippen LogP contribution in [0.4, 0.5) is 4.39 Å². The van der Waals surface area contributed by atoms with Crippen molar-refractivity contribution in [3.63, 3.8) is 0 Å². The maximum atomic E-state index is 13.7. The number of carbonyl (C=O) groups excluding carboxylic acids is 2. The third kappa shape index (κ3) is 4.25. The van der Waals surface area contributed by atoms with E-state index in [1.807, 2.05) is 6.92 Å². The van der Waals surface area contributed by atoms with Crippen LogP contribution in [0.25, 0.3) is 0 Å². The normalized spacial score (nSPS) is 14.9. The molecule has 0 atom stereocenters. The molecule has 4 N–H and O–H groups in total. The molecule has 1 amide bonds. The molecule has 1 aromatic carbocycles. The van der Waals surface area contributed by atoms with Gasteiger partial charge < -0.3 is 20.6 Å². The van der Waals surface area contributed by atoms with E-state index < -0.39 is 40.3 Å². The first-order valence-electron chi connectivity index (χ1n) is 8.33. The third-order valence-corrected chi connectivity index (χ3v) is 3.89. The van der Waals surface area contributed by atoms with Crippen molar-refractivity contribution in [2.45, 2.75) is 26.7 Å². The van der Waals surface area contributed by atoms with E-state index in [2.05, 4.69) is 5.32 Å². The summed E-state index contributed by atoms with van der Waals surface area (Å²) in [5, 5.41) is 32.1. The fourth-order valence-corrected chi connectivity index (χ4v) is 2.63. The SMILES string of the molecule is C/C=C\C(=C/CC)NC(=O)C1=CCc2cc(F)c(O)c(O)c2C(=O)C(O)=C1. The van der Waals surface area contributed by atoms with Crippen molar-refractivity contribution in [3.8, 4) is 11.5 Å². The standard InChI is InChI=1S/C20H20FNO5/c1-3-5-13(6-4-2)22-20(27)12-8-7-11-9-14(21)17(24)19(26)16(11)18(25)15(23)10-12/h3,5-6,8-10,23-24,26H,4,7H2,1-2H3,(H,22,27)/b5-3-,12-8?,13-6+,15-10?. The summed E-state index contributed by atoms with van der Waals surface area (Å²) in [6.07, 6.45) is 8.24. The summed E-state index contributed by atoms with van der Waals surface area (Å²) in [5.74, 6) is -5.52. The lowest BCUT2D eigenvalue weighted by atomic mass is 9.94. The summed E-state index contributed by atoms with van der Waals surface area (Å²) in [7, 11) is 0. The van der Waals surface area contributed by atoms with Crippen molar-refractivity contribution in [1.82, 2.24) is 5.32 Å². The fraction of sp³-hybridized carbons (Fsp3) is 0.200. The molecule has 0 heterocycles. The number of hydrogen-bond acceptors (Lipinski definition) is 5. The average Bonchev–Trinajstić information content (AvgIpc) is 2.61. The topological polar surface area (TPSA) is 107 Å². The van der Waals surface area contributed by atoms with Crippen LogP contribution < -0.4 is 5.32 Å². The van der Waals surface area contributed by atoms with Crippen molar-refractivity contribution in [1.29, 1.82) is 0 Å². The molecule has 0 radical (unpaired) electrons. The van der Waals surface area contributed by atoms with E-state index in [1.54, 1.807) is 25.2 Å². The lowest BCUT2D eigenvalue weighted by Gasteiger charge is -2.15. The summed E-state index contributed by atoms with van der Waals surface area (Å²) in [6.45, 7) is 3.70. The van der Waals surface area contributed by atoms with Gasteiger partial charge in [0.1, 0.15) is 0 Å². The quantitative estimate of drug-likeness (QED) is 0.478. The highest BCUT2D eigenvalue weighted by molar-refractivity contribution is 6.12. The largest absolute Gasteiger partial charge is 0.504 e. The number of fused-ring (bicyclic) bond motifs is 1. The van der Waals surface area contributed by atoms with Crippen LogP contribution in [0.2, 0.25) is 0 Å². The zero-order chi connectivity index (χ0) is 20.1. The summed E-state index contributed by atoms with van der Waals surface area (Å²) in [4.78, 5) is 24.9. The number of nitrogens with one attached hydrogen (secondary N) is 1. The van der Waals surface area contributed by atoms with Gasteiger partial charge in [-0.1, -0.05) is 25.2 Å². The molecule has 27 heavy (non-hydrogen) atoms. The molecule has 0 aromatic heterocycles. The minimum absolute atomic E-state index is 0.00554. The van der Waals surface area contributed by atoms with Gasteiger partial charge in [0.2, 0.25) is 5.78 Å². The van der Waals surface area contributed by atoms with Gasteiger partial charge in [-0.2, -0.15) is 0 Å². The van der Waals surface area contributed by atoms with Crippen LogP contribution in [-0.2, 0) is 11.2 Å². The van der Waals surface area contributed by atoms with Crippen LogP contribution in [0.5, 0.6) is 11.5 Å². The minimum atomic E-state index is -1.11. The molecule has 2 rings (SSSR count). The van der Waals surface area contributed by atoms with Gasteiger partial charge in [0.15, 0.2) is 23.1 Å². The number of benzene rings is 1.